The normalized spacial score (nSPS) is 19.0. The first-order valence-corrected chi connectivity index (χ1v) is 19.0. The first-order chi connectivity index (χ1) is 23.5. The molecular formula is C40H49IN4O3. The predicted molar refractivity (Wildman–Crippen MR) is 202 cm³/mol. The Bertz CT molecular complexity index is 1440. The van der Waals surface area contributed by atoms with Gasteiger partial charge in [-0.1, -0.05) is 127 Å². The van der Waals surface area contributed by atoms with E-state index >= 15 is 0 Å². The number of rotatable bonds is 14. The Labute approximate surface area is 299 Å². The van der Waals surface area contributed by atoms with Crippen molar-refractivity contribution in [3.05, 3.63) is 113 Å². The Morgan fingerprint density at radius 3 is 2.19 bits per heavy atom. The van der Waals surface area contributed by atoms with Gasteiger partial charge in [0.25, 0.3) is 0 Å². The van der Waals surface area contributed by atoms with Crippen LogP contribution in [0.15, 0.2) is 91.0 Å². The van der Waals surface area contributed by atoms with E-state index in [0.717, 1.165) is 22.8 Å². The summed E-state index contributed by atoms with van der Waals surface area (Å²) in [5, 5.41) is 9.71. The molecule has 0 bridgehead atoms. The molecule has 0 unspecified atom stereocenters. The highest BCUT2D eigenvalue weighted by atomic mass is 127. The number of carbonyl (C=O) groups excluding carboxylic acids is 3. The van der Waals surface area contributed by atoms with Gasteiger partial charge in [0, 0.05) is 55.1 Å². The van der Waals surface area contributed by atoms with Gasteiger partial charge < -0.3 is 20.9 Å². The molecule has 3 amide bonds. The van der Waals surface area contributed by atoms with Gasteiger partial charge >= 0.3 is 0 Å². The minimum atomic E-state index is -0.469. The fourth-order valence-corrected chi connectivity index (χ4v) is 7.39. The Balaban J connectivity index is 1.24. The lowest BCUT2D eigenvalue weighted by atomic mass is 9.87. The number of alkyl halides is 1. The maximum atomic E-state index is 14.2. The van der Waals surface area contributed by atoms with Crippen LogP contribution in [0.1, 0.15) is 79.5 Å². The lowest BCUT2D eigenvalue weighted by molar-refractivity contribution is -0.133. The van der Waals surface area contributed by atoms with Crippen molar-refractivity contribution in [3.63, 3.8) is 0 Å². The van der Waals surface area contributed by atoms with Crippen LogP contribution in [0.5, 0.6) is 0 Å². The lowest BCUT2D eigenvalue weighted by Gasteiger charge is -2.29. The molecule has 1 aliphatic heterocycles. The van der Waals surface area contributed by atoms with Gasteiger partial charge in [0.1, 0.15) is 0 Å². The van der Waals surface area contributed by atoms with Gasteiger partial charge in [0.15, 0.2) is 0 Å². The number of hydrogen-bond donors (Lipinski definition) is 3. The zero-order valence-electron chi connectivity index (χ0n) is 27.8. The van der Waals surface area contributed by atoms with Crippen molar-refractivity contribution in [2.24, 2.45) is 5.92 Å². The average molecular weight is 761 g/mol. The Hall–Kier alpha value is -3.50. The second kappa shape index (κ2) is 18.9. The molecule has 0 aromatic heterocycles. The van der Waals surface area contributed by atoms with E-state index in [4.69, 9.17) is 0 Å². The maximum absolute atomic E-state index is 14.2. The molecule has 2 atom stereocenters. The highest BCUT2D eigenvalue weighted by molar-refractivity contribution is 14.1. The van der Waals surface area contributed by atoms with Crippen molar-refractivity contribution in [1.29, 1.82) is 0 Å². The number of nitrogens with zero attached hydrogens (tertiary/aromatic N) is 1. The minimum Gasteiger partial charge on any atom is -0.356 e. The molecule has 5 rings (SSSR count). The van der Waals surface area contributed by atoms with Crippen molar-refractivity contribution in [2.75, 3.05) is 26.2 Å². The van der Waals surface area contributed by atoms with Crippen LogP contribution < -0.4 is 16.0 Å². The molecule has 3 aromatic rings. The van der Waals surface area contributed by atoms with Crippen LogP contribution in [0.3, 0.4) is 0 Å². The van der Waals surface area contributed by atoms with E-state index in [9.17, 15) is 14.4 Å². The van der Waals surface area contributed by atoms with Crippen LogP contribution in [0, 0.1) is 5.92 Å². The average Bonchev–Trinajstić information content (AvgIpc) is 3.27. The molecule has 2 aliphatic rings. The minimum absolute atomic E-state index is 0.0273. The number of halogens is 1. The van der Waals surface area contributed by atoms with E-state index in [0.29, 0.717) is 51.4 Å². The highest BCUT2D eigenvalue weighted by Crippen LogP contribution is 2.28. The molecule has 1 saturated heterocycles. The van der Waals surface area contributed by atoms with E-state index < -0.39 is 6.04 Å². The Morgan fingerprint density at radius 1 is 0.875 bits per heavy atom. The van der Waals surface area contributed by atoms with Crippen molar-refractivity contribution in [1.82, 2.24) is 20.9 Å². The zero-order chi connectivity index (χ0) is 33.6. The van der Waals surface area contributed by atoms with Gasteiger partial charge in [-0.05, 0) is 59.9 Å². The number of hydrogen-bond acceptors (Lipinski definition) is 4. The van der Waals surface area contributed by atoms with E-state index in [-0.39, 0.29) is 29.7 Å². The van der Waals surface area contributed by atoms with Gasteiger partial charge in [-0.3, -0.25) is 14.4 Å². The molecule has 1 saturated carbocycles. The molecule has 0 spiro atoms. The second-order valence-corrected chi connectivity index (χ2v) is 13.9. The van der Waals surface area contributed by atoms with E-state index in [1.54, 1.807) is 6.08 Å². The summed E-state index contributed by atoms with van der Waals surface area (Å²) in [6, 6.07) is 28.3. The van der Waals surface area contributed by atoms with E-state index in [1.807, 2.05) is 59.5 Å². The molecule has 7 nitrogen and oxygen atoms in total. The zero-order valence-corrected chi connectivity index (χ0v) is 29.9. The summed E-state index contributed by atoms with van der Waals surface area (Å²) >= 11 is 2.34. The first-order valence-electron chi connectivity index (χ1n) is 17.5. The third-order valence-electron chi connectivity index (χ3n) is 9.64. The number of nitrogens with one attached hydrogen (secondary N) is 3. The fraction of sp³-hybridized carbons (Fsp3) is 0.425. The van der Waals surface area contributed by atoms with Crippen LogP contribution in [-0.4, -0.2) is 60.9 Å². The molecule has 0 radical (unpaired) electrons. The molecule has 2 fully saturated rings. The van der Waals surface area contributed by atoms with Crippen LogP contribution in [0.25, 0.3) is 6.08 Å². The van der Waals surface area contributed by atoms with Crippen LogP contribution in [0.2, 0.25) is 0 Å². The quantitative estimate of drug-likeness (QED) is 0.0980. The van der Waals surface area contributed by atoms with Crippen LogP contribution in [0.4, 0.5) is 0 Å². The molecule has 48 heavy (non-hydrogen) atoms. The molecule has 3 aromatic carbocycles. The van der Waals surface area contributed by atoms with Gasteiger partial charge in [-0.2, -0.15) is 0 Å². The van der Waals surface area contributed by atoms with Gasteiger partial charge in [-0.25, -0.2) is 0 Å². The Kier molecular flexibility index (Phi) is 14.1. The molecule has 3 N–H and O–H groups in total. The van der Waals surface area contributed by atoms with Crippen LogP contribution in [-0.2, 0) is 18.8 Å². The number of benzene rings is 3. The topological polar surface area (TPSA) is 90.5 Å². The summed E-state index contributed by atoms with van der Waals surface area (Å²) in [6.07, 6.45) is 11.1. The van der Waals surface area contributed by atoms with E-state index in [1.165, 1.54) is 36.0 Å². The highest BCUT2D eigenvalue weighted by Gasteiger charge is 2.32. The first kappa shape index (κ1) is 35.8. The van der Waals surface area contributed by atoms with Crippen molar-refractivity contribution >= 4 is 46.4 Å². The Morgan fingerprint density at radius 2 is 1.54 bits per heavy atom. The maximum Gasteiger partial charge on any atom is 0.244 e. The number of amides is 3. The monoisotopic (exact) mass is 760 g/mol. The summed E-state index contributed by atoms with van der Waals surface area (Å²) in [7, 11) is 0. The third-order valence-corrected chi connectivity index (χ3v) is 10.5. The molecule has 254 valence electrons. The van der Waals surface area contributed by atoms with Gasteiger partial charge in [0.05, 0.1) is 6.04 Å². The third kappa shape index (κ3) is 11.0. The SMILES string of the molecule is O=C(/C=C/c1ccc(CI)cc1)NC[C@@H]1CCN(CC(c2ccccc2)c2ccccc2)C(=O)[C@H](CCNC(=O)CC2CCCCC2)N1. The largest absolute Gasteiger partial charge is 0.356 e. The van der Waals surface area contributed by atoms with Crippen molar-refractivity contribution in [2.45, 2.75) is 73.8 Å². The second-order valence-electron chi connectivity index (χ2n) is 13.2. The fourth-order valence-electron chi connectivity index (χ4n) is 6.88. The van der Waals surface area contributed by atoms with Crippen molar-refractivity contribution in [3.8, 4) is 0 Å². The summed E-state index contributed by atoms with van der Waals surface area (Å²) in [4.78, 5) is 41.7. The molecule has 8 heteroatoms. The van der Waals surface area contributed by atoms with E-state index in [2.05, 4.69) is 74.9 Å². The number of carbonyl (C=O) groups is 3. The van der Waals surface area contributed by atoms with Gasteiger partial charge in [0.2, 0.25) is 17.7 Å². The van der Waals surface area contributed by atoms with Crippen molar-refractivity contribution < 1.29 is 14.4 Å². The predicted octanol–water partition coefficient (Wildman–Crippen LogP) is 6.62. The van der Waals surface area contributed by atoms with Crippen LogP contribution >= 0.6 is 22.6 Å². The summed E-state index contributed by atoms with van der Waals surface area (Å²) < 4.78 is 0.948. The summed E-state index contributed by atoms with van der Waals surface area (Å²) in [6.45, 7) is 1.97. The smallest absolute Gasteiger partial charge is 0.244 e. The lowest BCUT2D eigenvalue weighted by Crippen LogP contribution is -2.50. The molecular weight excluding hydrogens is 711 g/mol. The molecule has 1 aliphatic carbocycles. The molecule has 1 heterocycles. The summed E-state index contributed by atoms with van der Waals surface area (Å²) in [5.41, 5.74) is 4.56. The standard InChI is InChI=1S/C40H49IN4O3/c41-27-32-18-16-30(17-19-32)20-21-38(46)43-28-35-23-25-45(29-36(33-12-6-2-7-13-33)34-14-8-3-9-15-34)40(48)37(44-35)22-24-42-39(47)26-31-10-4-1-5-11-31/h2-3,6-9,12-21,31,35-37,44H,1,4-5,10-11,22-29H2,(H,42,47)(H,43,46)/b21-20+/t35-,37-/m0/s1. The van der Waals surface area contributed by atoms with Gasteiger partial charge in [-0.15, -0.1) is 0 Å². The summed E-state index contributed by atoms with van der Waals surface area (Å²) in [5.74, 6) is 0.448.